The van der Waals surface area contributed by atoms with Crippen LogP contribution in [0.1, 0.15) is 5.69 Å². The van der Waals surface area contributed by atoms with Gasteiger partial charge in [0.2, 0.25) is 0 Å². The Morgan fingerprint density at radius 3 is 2.62 bits per heavy atom. The van der Waals surface area contributed by atoms with Gasteiger partial charge in [-0.2, -0.15) is 5.10 Å². The van der Waals surface area contributed by atoms with Gasteiger partial charge in [0.25, 0.3) is 5.69 Å². The normalized spacial score (nSPS) is 10.3. The molecule has 0 saturated carbocycles. The van der Waals surface area contributed by atoms with E-state index in [2.05, 4.69) is 10.1 Å². The van der Waals surface area contributed by atoms with Crippen molar-refractivity contribution in [2.75, 3.05) is 0 Å². The third kappa shape index (κ3) is 3.43. The minimum atomic E-state index is -0.630. The number of rotatable bonds is 5. The molecule has 2 aromatic heterocycles. The van der Waals surface area contributed by atoms with E-state index < -0.39 is 10.9 Å². The second kappa shape index (κ2) is 6.69. The van der Waals surface area contributed by atoms with Crippen molar-refractivity contribution in [2.45, 2.75) is 6.42 Å². The van der Waals surface area contributed by atoms with Crippen molar-refractivity contribution < 1.29 is 14.5 Å². The summed E-state index contributed by atoms with van der Waals surface area (Å²) in [4.78, 5) is 26.8. The van der Waals surface area contributed by atoms with Crippen molar-refractivity contribution >= 4 is 11.7 Å². The van der Waals surface area contributed by atoms with Crippen molar-refractivity contribution in [3.05, 3.63) is 76.7 Å². The molecule has 1 aromatic carbocycles. The lowest BCUT2D eigenvalue weighted by molar-refractivity contribution is -0.385. The van der Waals surface area contributed by atoms with E-state index in [-0.39, 0.29) is 17.8 Å². The molecule has 0 aliphatic rings. The zero-order valence-electron chi connectivity index (χ0n) is 12.4. The second-order valence-electron chi connectivity index (χ2n) is 4.81. The number of para-hydroxylation sites is 1. The summed E-state index contributed by atoms with van der Waals surface area (Å²) in [5.41, 5.74) is -0.218. The molecule has 3 rings (SSSR count). The zero-order valence-corrected chi connectivity index (χ0v) is 12.4. The topological polar surface area (TPSA) is 100 Å². The predicted octanol–water partition coefficient (Wildman–Crippen LogP) is 2.32. The van der Waals surface area contributed by atoms with Gasteiger partial charge in [-0.1, -0.05) is 18.2 Å². The van der Waals surface area contributed by atoms with Gasteiger partial charge in [-0.05, 0) is 24.3 Å². The number of aromatic nitrogens is 3. The molecule has 0 N–H and O–H groups in total. The number of ether oxygens (including phenoxy) is 1. The van der Waals surface area contributed by atoms with Gasteiger partial charge in [0.15, 0.2) is 5.82 Å². The van der Waals surface area contributed by atoms with Crippen LogP contribution in [0.5, 0.6) is 5.75 Å². The zero-order chi connectivity index (χ0) is 16.9. The van der Waals surface area contributed by atoms with Crippen LogP contribution in [-0.4, -0.2) is 25.7 Å². The van der Waals surface area contributed by atoms with Gasteiger partial charge >= 0.3 is 5.97 Å². The van der Waals surface area contributed by atoms with Crippen molar-refractivity contribution in [3.8, 4) is 11.6 Å². The Balaban J connectivity index is 1.86. The summed E-state index contributed by atoms with van der Waals surface area (Å²) in [5.74, 6) is 0.121. The highest BCUT2D eigenvalue weighted by atomic mass is 16.6. The third-order valence-corrected chi connectivity index (χ3v) is 3.16. The number of hydrogen-bond donors (Lipinski definition) is 0. The first kappa shape index (κ1) is 15.3. The molecule has 24 heavy (non-hydrogen) atoms. The average Bonchev–Trinajstić information content (AvgIpc) is 3.10. The van der Waals surface area contributed by atoms with Crippen LogP contribution >= 0.6 is 0 Å². The van der Waals surface area contributed by atoms with Gasteiger partial charge in [0, 0.05) is 18.5 Å². The third-order valence-electron chi connectivity index (χ3n) is 3.16. The molecule has 3 aromatic rings. The molecule has 0 atom stereocenters. The van der Waals surface area contributed by atoms with Crippen molar-refractivity contribution in [1.82, 2.24) is 14.8 Å². The Hall–Kier alpha value is -3.55. The Morgan fingerprint density at radius 1 is 1.17 bits per heavy atom. The Bertz CT molecular complexity index is 863. The fourth-order valence-corrected chi connectivity index (χ4v) is 2.10. The Kier molecular flexibility index (Phi) is 4.28. The molecule has 120 valence electrons. The fourth-order valence-electron chi connectivity index (χ4n) is 2.10. The van der Waals surface area contributed by atoms with Crippen LogP contribution < -0.4 is 4.74 Å². The molecule has 0 aliphatic heterocycles. The number of pyridine rings is 1. The molecule has 8 heteroatoms. The summed E-state index contributed by atoms with van der Waals surface area (Å²) in [6.07, 6.45) is 2.90. The molecule has 0 spiro atoms. The molecule has 0 unspecified atom stereocenters. The van der Waals surface area contributed by atoms with Gasteiger partial charge in [0.1, 0.15) is 11.4 Å². The van der Waals surface area contributed by atoms with Gasteiger partial charge in [0.05, 0.1) is 11.3 Å². The molecular weight excluding hydrogens is 312 g/mol. The monoisotopic (exact) mass is 324 g/mol. The Morgan fingerprint density at radius 2 is 1.96 bits per heavy atom. The summed E-state index contributed by atoms with van der Waals surface area (Å²) in [6.45, 7) is 0. The van der Waals surface area contributed by atoms with Gasteiger partial charge in [-0.25, -0.2) is 9.67 Å². The fraction of sp³-hybridized carbons (Fsp3) is 0.0625. The van der Waals surface area contributed by atoms with Gasteiger partial charge < -0.3 is 4.74 Å². The first-order chi connectivity index (χ1) is 11.6. The summed E-state index contributed by atoms with van der Waals surface area (Å²) in [5, 5.41) is 15.2. The van der Waals surface area contributed by atoms with Crippen LogP contribution in [0, 0.1) is 10.1 Å². The van der Waals surface area contributed by atoms with Gasteiger partial charge in [-0.3, -0.25) is 14.9 Å². The molecular formula is C16H12N4O4. The van der Waals surface area contributed by atoms with E-state index in [4.69, 9.17) is 4.74 Å². The summed E-state index contributed by atoms with van der Waals surface area (Å²) in [6, 6.07) is 13.0. The lowest BCUT2D eigenvalue weighted by Gasteiger charge is -2.06. The quantitative estimate of drug-likeness (QED) is 0.309. The van der Waals surface area contributed by atoms with E-state index >= 15 is 0 Å². The molecule has 0 aliphatic carbocycles. The smallest absolute Gasteiger partial charge is 0.317 e. The SMILES string of the molecule is O=C(Cc1nc(-n2cccn2)ccc1[N+](=O)[O-])Oc1ccccc1. The average molecular weight is 324 g/mol. The number of hydrogen-bond acceptors (Lipinski definition) is 6. The maximum atomic E-state index is 12.0. The van der Waals surface area contributed by atoms with Crippen molar-refractivity contribution in [1.29, 1.82) is 0 Å². The van der Waals surface area contributed by atoms with Crippen LogP contribution in [-0.2, 0) is 11.2 Å². The molecule has 8 nitrogen and oxygen atoms in total. The number of carbonyl (C=O) groups excluding carboxylic acids is 1. The second-order valence-corrected chi connectivity index (χ2v) is 4.81. The van der Waals surface area contributed by atoms with Crippen molar-refractivity contribution in [3.63, 3.8) is 0 Å². The first-order valence-corrected chi connectivity index (χ1v) is 7.03. The van der Waals surface area contributed by atoms with E-state index in [0.29, 0.717) is 11.6 Å². The maximum absolute atomic E-state index is 12.0. The predicted molar refractivity (Wildman–Crippen MR) is 83.8 cm³/mol. The number of esters is 1. The molecule has 0 amide bonds. The van der Waals surface area contributed by atoms with E-state index in [0.717, 1.165) is 0 Å². The number of nitro groups is 1. The van der Waals surface area contributed by atoms with Crippen LogP contribution in [0.15, 0.2) is 60.9 Å². The van der Waals surface area contributed by atoms with Gasteiger partial charge in [-0.15, -0.1) is 0 Å². The minimum absolute atomic E-state index is 0.0222. The highest BCUT2D eigenvalue weighted by Gasteiger charge is 2.20. The summed E-state index contributed by atoms with van der Waals surface area (Å²) >= 11 is 0. The van der Waals surface area contributed by atoms with E-state index in [9.17, 15) is 14.9 Å². The lowest BCUT2D eigenvalue weighted by atomic mass is 10.2. The van der Waals surface area contributed by atoms with Crippen LogP contribution in [0.25, 0.3) is 5.82 Å². The molecule has 0 bridgehead atoms. The minimum Gasteiger partial charge on any atom is -0.426 e. The summed E-state index contributed by atoms with van der Waals surface area (Å²) in [7, 11) is 0. The largest absolute Gasteiger partial charge is 0.426 e. The maximum Gasteiger partial charge on any atom is 0.317 e. The van der Waals surface area contributed by atoms with E-state index in [1.165, 1.54) is 16.8 Å². The molecule has 2 heterocycles. The van der Waals surface area contributed by atoms with Crippen LogP contribution in [0.2, 0.25) is 0 Å². The highest BCUT2D eigenvalue weighted by molar-refractivity contribution is 5.76. The van der Waals surface area contributed by atoms with Crippen molar-refractivity contribution in [2.24, 2.45) is 0 Å². The van der Waals surface area contributed by atoms with Crippen LogP contribution in [0.4, 0.5) is 5.69 Å². The first-order valence-electron chi connectivity index (χ1n) is 7.03. The standard InChI is InChI=1S/C16H12N4O4/c21-16(24-12-5-2-1-3-6-12)11-13-14(20(22)23)7-8-15(18-13)19-10-4-9-17-19/h1-10H,11H2. The summed E-state index contributed by atoms with van der Waals surface area (Å²) < 4.78 is 6.61. The number of carbonyl (C=O) groups is 1. The highest BCUT2D eigenvalue weighted by Crippen LogP contribution is 2.20. The molecule has 0 fully saturated rings. The molecule has 0 saturated heterocycles. The lowest BCUT2D eigenvalue weighted by Crippen LogP contribution is -2.14. The number of benzene rings is 1. The number of nitrogens with zero attached hydrogens (tertiary/aromatic N) is 4. The van der Waals surface area contributed by atoms with E-state index in [1.54, 1.807) is 48.8 Å². The Labute approximate surface area is 136 Å². The molecule has 0 radical (unpaired) electrons. The van der Waals surface area contributed by atoms with E-state index in [1.807, 2.05) is 0 Å². The van der Waals surface area contributed by atoms with Crippen LogP contribution in [0.3, 0.4) is 0 Å².